The molecule has 0 spiro atoms. The van der Waals surface area contributed by atoms with Crippen LogP contribution >= 0.6 is 0 Å². The van der Waals surface area contributed by atoms with Crippen LogP contribution in [0.3, 0.4) is 0 Å². The Labute approximate surface area is 195 Å². The Kier molecular flexibility index (Phi) is 6.53. The summed E-state index contributed by atoms with van der Waals surface area (Å²) in [5.41, 5.74) is -1.82. The third-order valence-corrected chi connectivity index (χ3v) is 5.11. The van der Waals surface area contributed by atoms with E-state index in [0.717, 1.165) is 16.7 Å². The van der Waals surface area contributed by atoms with Gasteiger partial charge in [0.1, 0.15) is 5.75 Å². The highest BCUT2D eigenvalue weighted by Crippen LogP contribution is 2.19. The SMILES string of the molecule is COc1ccc(Nc2nc(=O)n(Cc3c[nH]ccc3=O)c(=O)n2Cc2cc(F)c(F)c(F)c2)cc1. The smallest absolute Gasteiger partial charge is 0.355 e. The van der Waals surface area contributed by atoms with Crippen molar-refractivity contribution in [1.82, 2.24) is 19.1 Å². The van der Waals surface area contributed by atoms with E-state index in [-0.39, 0.29) is 17.1 Å². The molecule has 0 saturated heterocycles. The van der Waals surface area contributed by atoms with E-state index >= 15 is 0 Å². The first kappa shape index (κ1) is 23.5. The van der Waals surface area contributed by atoms with Crippen LogP contribution in [-0.2, 0) is 13.1 Å². The van der Waals surface area contributed by atoms with Crippen LogP contribution in [0.2, 0.25) is 0 Å². The fourth-order valence-electron chi connectivity index (χ4n) is 3.33. The van der Waals surface area contributed by atoms with Gasteiger partial charge >= 0.3 is 11.4 Å². The highest BCUT2D eigenvalue weighted by Gasteiger charge is 2.17. The second kappa shape index (κ2) is 9.71. The molecule has 0 aliphatic rings. The lowest BCUT2D eigenvalue weighted by molar-refractivity contribution is 0.415. The first-order chi connectivity index (χ1) is 16.8. The minimum atomic E-state index is -1.65. The number of methoxy groups -OCH3 is 1. The number of halogens is 3. The Balaban J connectivity index is 1.83. The number of rotatable bonds is 7. The van der Waals surface area contributed by atoms with Crippen molar-refractivity contribution in [3.63, 3.8) is 0 Å². The number of pyridine rings is 1. The zero-order chi connectivity index (χ0) is 25.1. The average Bonchev–Trinajstić information content (AvgIpc) is 2.84. The topological polar surface area (TPSA) is 111 Å². The molecule has 180 valence electrons. The molecule has 4 aromatic rings. The Hall–Kier alpha value is -4.61. The average molecular weight is 485 g/mol. The summed E-state index contributed by atoms with van der Waals surface area (Å²) < 4.78 is 47.8. The van der Waals surface area contributed by atoms with Crippen molar-refractivity contribution >= 4 is 11.6 Å². The van der Waals surface area contributed by atoms with Gasteiger partial charge in [-0.05, 0) is 42.0 Å². The number of anilines is 2. The van der Waals surface area contributed by atoms with Crippen LogP contribution in [0.25, 0.3) is 0 Å². The van der Waals surface area contributed by atoms with Crippen LogP contribution in [0.4, 0.5) is 24.8 Å². The van der Waals surface area contributed by atoms with Crippen LogP contribution in [-0.4, -0.2) is 26.2 Å². The summed E-state index contributed by atoms with van der Waals surface area (Å²) in [6, 6.07) is 9.15. The fraction of sp³-hybridized carbons (Fsp3) is 0.130. The maximum absolute atomic E-state index is 13.8. The molecule has 12 heteroatoms. The second-order valence-corrected chi connectivity index (χ2v) is 7.43. The maximum Gasteiger partial charge on any atom is 0.355 e. The van der Waals surface area contributed by atoms with Crippen LogP contribution in [0.1, 0.15) is 11.1 Å². The van der Waals surface area contributed by atoms with Crippen LogP contribution < -0.4 is 26.9 Å². The summed E-state index contributed by atoms with van der Waals surface area (Å²) >= 11 is 0. The highest BCUT2D eigenvalue weighted by molar-refractivity contribution is 5.54. The molecule has 4 rings (SSSR count). The van der Waals surface area contributed by atoms with Gasteiger partial charge in [-0.15, -0.1) is 0 Å². The van der Waals surface area contributed by atoms with Gasteiger partial charge in [0.05, 0.1) is 20.2 Å². The molecular formula is C23H18F3N5O4. The standard InChI is InChI=1S/C23H18F3N5O4/c1-35-16-4-2-15(3-5-16)28-21-29-22(33)31(12-14-10-27-7-6-19(14)32)23(34)30(21)11-13-8-17(24)20(26)18(25)9-13/h2-10H,11-12H2,1H3,(H,27,32)(H,28,29,33). The minimum Gasteiger partial charge on any atom is -0.497 e. The monoisotopic (exact) mass is 485 g/mol. The summed E-state index contributed by atoms with van der Waals surface area (Å²) in [6.45, 7) is -0.848. The predicted octanol–water partition coefficient (Wildman–Crippen LogP) is 2.36. The molecule has 0 unspecified atom stereocenters. The second-order valence-electron chi connectivity index (χ2n) is 7.43. The molecule has 2 N–H and O–H groups in total. The molecule has 2 heterocycles. The Morgan fingerprint density at radius 3 is 2.29 bits per heavy atom. The van der Waals surface area contributed by atoms with Gasteiger partial charge in [-0.25, -0.2) is 27.3 Å². The molecule has 0 fully saturated rings. The molecule has 0 amide bonds. The van der Waals surface area contributed by atoms with E-state index in [2.05, 4.69) is 15.3 Å². The van der Waals surface area contributed by atoms with Gasteiger partial charge in [0.25, 0.3) is 0 Å². The van der Waals surface area contributed by atoms with Gasteiger partial charge < -0.3 is 15.0 Å². The number of hydrogen-bond donors (Lipinski definition) is 2. The zero-order valence-electron chi connectivity index (χ0n) is 18.2. The highest BCUT2D eigenvalue weighted by atomic mass is 19.2. The van der Waals surface area contributed by atoms with Crippen molar-refractivity contribution in [2.24, 2.45) is 0 Å². The maximum atomic E-state index is 13.8. The fourth-order valence-corrected chi connectivity index (χ4v) is 3.33. The van der Waals surface area contributed by atoms with Crippen molar-refractivity contribution in [2.75, 3.05) is 12.4 Å². The number of aromatic amines is 1. The number of benzene rings is 2. The lowest BCUT2D eigenvalue weighted by atomic mass is 10.2. The molecule has 0 atom stereocenters. The summed E-state index contributed by atoms with van der Waals surface area (Å²) in [5, 5.41) is 2.82. The Morgan fingerprint density at radius 2 is 1.66 bits per heavy atom. The number of aromatic nitrogens is 4. The van der Waals surface area contributed by atoms with E-state index < -0.39 is 47.3 Å². The molecule has 2 aromatic heterocycles. The van der Waals surface area contributed by atoms with Gasteiger partial charge in [0, 0.05) is 29.7 Å². The third kappa shape index (κ3) is 5.00. The van der Waals surface area contributed by atoms with Crippen molar-refractivity contribution in [3.8, 4) is 5.75 Å². The van der Waals surface area contributed by atoms with Crippen molar-refractivity contribution in [1.29, 1.82) is 0 Å². The van der Waals surface area contributed by atoms with E-state index in [1.54, 1.807) is 24.3 Å². The van der Waals surface area contributed by atoms with E-state index in [1.807, 2.05) is 0 Å². The Bertz CT molecular complexity index is 1540. The lowest BCUT2D eigenvalue weighted by Gasteiger charge is -2.16. The lowest BCUT2D eigenvalue weighted by Crippen LogP contribution is -2.43. The van der Waals surface area contributed by atoms with Gasteiger partial charge in [-0.1, -0.05) is 0 Å². The van der Waals surface area contributed by atoms with Gasteiger partial charge in [0.15, 0.2) is 22.9 Å². The summed E-state index contributed by atoms with van der Waals surface area (Å²) in [4.78, 5) is 44.7. The van der Waals surface area contributed by atoms with Gasteiger partial charge in [-0.2, -0.15) is 4.98 Å². The molecule has 0 aliphatic carbocycles. The molecule has 0 aliphatic heterocycles. The molecule has 35 heavy (non-hydrogen) atoms. The summed E-state index contributed by atoms with van der Waals surface area (Å²) in [5.74, 6) is -4.19. The molecule has 0 saturated carbocycles. The first-order valence-electron chi connectivity index (χ1n) is 10.2. The first-order valence-corrected chi connectivity index (χ1v) is 10.2. The number of H-pyrrole nitrogens is 1. The van der Waals surface area contributed by atoms with Crippen LogP contribution in [0.5, 0.6) is 5.75 Å². The quantitative estimate of drug-likeness (QED) is 0.389. The van der Waals surface area contributed by atoms with Gasteiger partial charge in [0.2, 0.25) is 5.95 Å². The van der Waals surface area contributed by atoms with E-state index in [1.165, 1.54) is 25.6 Å². The summed E-state index contributed by atoms with van der Waals surface area (Å²) in [7, 11) is 1.49. The van der Waals surface area contributed by atoms with Crippen LogP contribution in [0.15, 0.2) is 69.2 Å². The molecular weight excluding hydrogens is 467 g/mol. The molecule has 0 bridgehead atoms. The summed E-state index contributed by atoms with van der Waals surface area (Å²) in [6.07, 6.45) is 2.73. The number of ether oxygens (including phenoxy) is 1. The van der Waals surface area contributed by atoms with E-state index in [9.17, 15) is 27.6 Å². The van der Waals surface area contributed by atoms with Crippen molar-refractivity contribution in [2.45, 2.75) is 13.1 Å². The van der Waals surface area contributed by atoms with E-state index in [4.69, 9.17) is 4.74 Å². The third-order valence-electron chi connectivity index (χ3n) is 5.11. The molecule has 0 radical (unpaired) electrons. The van der Waals surface area contributed by atoms with E-state index in [0.29, 0.717) is 16.0 Å². The van der Waals surface area contributed by atoms with Crippen LogP contribution in [0, 0.1) is 17.5 Å². The molecule has 2 aromatic carbocycles. The number of nitrogens with one attached hydrogen (secondary N) is 2. The normalized spacial score (nSPS) is 10.9. The van der Waals surface area contributed by atoms with Crippen molar-refractivity contribution in [3.05, 3.63) is 115 Å². The van der Waals surface area contributed by atoms with Crippen molar-refractivity contribution < 1.29 is 17.9 Å². The molecule has 9 nitrogen and oxygen atoms in total. The Morgan fingerprint density at radius 1 is 0.971 bits per heavy atom. The zero-order valence-corrected chi connectivity index (χ0v) is 18.2. The minimum absolute atomic E-state index is 0.0918. The van der Waals surface area contributed by atoms with Gasteiger partial charge in [-0.3, -0.25) is 9.36 Å². The largest absolute Gasteiger partial charge is 0.497 e. The number of nitrogens with zero attached hydrogens (tertiary/aromatic N) is 3. The number of hydrogen-bond acceptors (Lipinski definition) is 6. The predicted molar refractivity (Wildman–Crippen MR) is 121 cm³/mol.